The Morgan fingerprint density at radius 1 is 1.11 bits per heavy atom. The zero-order valence-corrected chi connectivity index (χ0v) is 21.0. The van der Waals surface area contributed by atoms with Crippen molar-refractivity contribution in [2.24, 2.45) is 5.92 Å². The van der Waals surface area contributed by atoms with Crippen molar-refractivity contribution in [2.75, 3.05) is 13.2 Å². The quantitative estimate of drug-likeness (QED) is 0.398. The van der Waals surface area contributed by atoms with E-state index >= 15 is 0 Å². The summed E-state index contributed by atoms with van der Waals surface area (Å²) in [6, 6.07) is 17.1. The van der Waals surface area contributed by atoms with Crippen molar-refractivity contribution in [1.82, 2.24) is 9.80 Å². The molecule has 2 aromatic rings. The third kappa shape index (κ3) is 4.28. The number of benzene rings is 2. The van der Waals surface area contributed by atoms with E-state index in [0.717, 1.165) is 11.1 Å². The zero-order valence-electron chi connectivity index (χ0n) is 21.0. The number of hydrogen-bond donors (Lipinski definition) is 0. The summed E-state index contributed by atoms with van der Waals surface area (Å²) >= 11 is 0. The molecule has 2 aromatic carbocycles. The first-order chi connectivity index (χ1) is 17.9. The number of hydrogen-bond acceptors (Lipinski definition) is 7. The molecule has 0 saturated carbocycles. The maximum Gasteiger partial charge on any atom is 0.411 e. The molecule has 0 aromatic heterocycles. The van der Waals surface area contributed by atoms with Crippen LogP contribution in [0.25, 0.3) is 6.08 Å². The number of ether oxygens (including phenoxy) is 4. The largest absolute Gasteiger partial charge is 0.466 e. The first kappa shape index (κ1) is 25.0. The lowest BCUT2D eigenvalue weighted by Gasteiger charge is -2.62. The highest BCUT2D eigenvalue weighted by Crippen LogP contribution is 2.48. The number of cyclic esters (lactones) is 1. The van der Waals surface area contributed by atoms with E-state index in [0.29, 0.717) is 0 Å². The Bertz CT molecular complexity index is 1180. The van der Waals surface area contributed by atoms with Crippen molar-refractivity contribution >= 4 is 24.0 Å². The van der Waals surface area contributed by atoms with Crippen LogP contribution in [0.15, 0.2) is 66.7 Å². The lowest BCUT2D eigenvalue weighted by atomic mass is 9.86. The maximum absolute atomic E-state index is 13.9. The molecule has 9 nitrogen and oxygen atoms in total. The predicted molar refractivity (Wildman–Crippen MR) is 132 cm³/mol. The smallest absolute Gasteiger partial charge is 0.411 e. The molecule has 4 atom stereocenters. The number of carbonyl (C=O) groups excluding carboxylic acids is 3. The van der Waals surface area contributed by atoms with E-state index in [1.807, 2.05) is 72.8 Å². The Hall–Kier alpha value is -3.69. The second-order valence-electron chi connectivity index (χ2n) is 9.23. The first-order valence-electron chi connectivity index (χ1n) is 12.5. The molecule has 3 aliphatic heterocycles. The number of likely N-dealkylation sites (tertiary alicyclic amines) is 1. The van der Waals surface area contributed by atoms with Gasteiger partial charge in [0.25, 0.3) is 11.8 Å². The van der Waals surface area contributed by atoms with Gasteiger partial charge in [0.1, 0.15) is 18.6 Å². The summed E-state index contributed by atoms with van der Waals surface area (Å²) in [5.41, 5.74) is 1.78. The Labute approximate surface area is 215 Å². The normalized spacial score (nSPS) is 30.0. The van der Waals surface area contributed by atoms with Gasteiger partial charge in [0.2, 0.25) is 0 Å². The molecule has 37 heavy (non-hydrogen) atoms. The maximum atomic E-state index is 13.9. The molecule has 3 fully saturated rings. The fraction of sp³-hybridized carbons (Fsp3) is 0.393. The van der Waals surface area contributed by atoms with Gasteiger partial charge in [0.15, 0.2) is 6.29 Å². The molecule has 1 unspecified atom stereocenters. The third-order valence-electron chi connectivity index (χ3n) is 6.99. The topological polar surface area (TPSA) is 94.6 Å². The Morgan fingerprint density at radius 2 is 1.76 bits per heavy atom. The third-order valence-corrected chi connectivity index (χ3v) is 6.99. The molecule has 5 rings (SSSR count). The lowest BCUT2D eigenvalue weighted by Crippen LogP contribution is -2.82. The molecule has 0 aliphatic carbocycles. The summed E-state index contributed by atoms with van der Waals surface area (Å²) in [4.78, 5) is 42.4. The molecule has 3 aliphatic rings. The molecule has 9 heteroatoms. The molecule has 3 heterocycles. The fourth-order valence-electron chi connectivity index (χ4n) is 5.20. The molecule has 3 saturated heterocycles. The van der Waals surface area contributed by atoms with Crippen molar-refractivity contribution in [1.29, 1.82) is 0 Å². The molecule has 0 spiro atoms. The van der Waals surface area contributed by atoms with Gasteiger partial charge in [0.05, 0.1) is 18.7 Å². The molecule has 0 bridgehead atoms. The summed E-state index contributed by atoms with van der Waals surface area (Å²) in [5, 5.41) is 0. The van der Waals surface area contributed by atoms with Gasteiger partial charge in [-0.15, -0.1) is 0 Å². The highest BCUT2D eigenvalue weighted by molar-refractivity contribution is 5.95. The van der Waals surface area contributed by atoms with E-state index < -0.39 is 54.2 Å². The van der Waals surface area contributed by atoms with E-state index in [1.165, 1.54) is 9.80 Å². The van der Waals surface area contributed by atoms with E-state index in [9.17, 15) is 14.4 Å². The standard InChI is InChI=1S/C28H30N2O7/c1-4-34-26(32)18(2)28(36-19(3)37-28)30-22(16-15-20-11-7-5-8-12-20)24(25(30)31)29-23(17-35-27(29)33)21-13-9-6-10-14-21/h5-16,18-19,22-24H,4,17H2,1-3H3/t18?,19?,22-,23-,24+,28?/m1/s1. The second kappa shape index (κ2) is 9.99. The number of nitrogens with zero attached hydrogens (tertiary/aromatic N) is 2. The second-order valence-corrected chi connectivity index (χ2v) is 9.23. The van der Waals surface area contributed by atoms with Crippen molar-refractivity contribution in [2.45, 2.75) is 51.1 Å². The average Bonchev–Trinajstić information content (AvgIpc) is 3.26. The molecular weight excluding hydrogens is 476 g/mol. The van der Waals surface area contributed by atoms with Crippen LogP contribution in [0.1, 0.15) is 37.9 Å². The van der Waals surface area contributed by atoms with E-state index in [-0.39, 0.29) is 13.2 Å². The van der Waals surface area contributed by atoms with Crippen LogP contribution in [0.4, 0.5) is 4.79 Å². The van der Waals surface area contributed by atoms with Gasteiger partial charge >= 0.3 is 12.1 Å². The van der Waals surface area contributed by atoms with E-state index in [4.69, 9.17) is 18.9 Å². The van der Waals surface area contributed by atoms with Crippen LogP contribution >= 0.6 is 0 Å². The van der Waals surface area contributed by atoms with Crippen molar-refractivity contribution in [3.8, 4) is 0 Å². The lowest BCUT2D eigenvalue weighted by molar-refractivity contribution is -0.507. The molecule has 194 valence electrons. The van der Waals surface area contributed by atoms with Crippen LogP contribution in [-0.4, -0.2) is 65.3 Å². The zero-order chi connectivity index (χ0) is 26.2. The van der Waals surface area contributed by atoms with Crippen LogP contribution in [0.5, 0.6) is 0 Å². The van der Waals surface area contributed by atoms with Crippen LogP contribution < -0.4 is 0 Å². The van der Waals surface area contributed by atoms with Crippen LogP contribution in [-0.2, 0) is 28.5 Å². The minimum atomic E-state index is -1.64. The number of rotatable bonds is 8. The van der Waals surface area contributed by atoms with Crippen molar-refractivity contribution < 1.29 is 33.3 Å². The predicted octanol–water partition coefficient (Wildman–Crippen LogP) is 3.72. The highest BCUT2D eigenvalue weighted by Gasteiger charge is 2.68. The van der Waals surface area contributed by atoms with Crippen LogP contribution in [0.2, 0.25) is 0 Å². The molecular formula is C28H30N2O7. The summed E-state index contributed by atoms with van der Waals surface area (Å²) in [6.45, 7) is 5.33. The summed E-state index contributed by atoms with van der Waals surface area (Å²) in [5.74, 6) is -3.50. The van der Waals surface area contributed by atoms with Gasteiger partial charge in [-0.25, -0.2) is 4.79 Å². The molecule has 2 amide bonds. The minimum Gasteiger partial charge on any atom is -0.466 e. The fourth-order valence-corrected chi connectivity index (χ4v) is 5.20. The highest BCUT2D eigenvalue weighted by atomic mass is 16.9. The number of amides is 2. The molecule has 0 radical (unpaired) electrons. The number of carbonyl (C=O) groups is 3. The monoisotopic (exact) mass is 506 g/mol. The van der Waals surface area contributed by atoms with Gasteiger partial charge in [-0.3, -0.25) is 19.4 Å². The SMILES string of the molecule is CCOC(=O)C(C)C1(N2C(=O)[C@@H](N3C(=O)OC[C@@H]3c3ccccc3)[C@H]2C=Cc2ccccc2)OC(C)O1. The Morgan fingerprint density at radius 3 is 2.38 bits per heavy atom. The van der Waals surface area contributed by atoms with Gasteiger partial charge in [-0.1, -0.05) is 72.8 Å². The van der Waals surface area contributed by atoms with E-state index in [1.54, 1.807) is 20.8 Å². The van der Waals surface area contributed by atoms with Crippen molar-refractivity contribution in [3.05, 3.63) is 77.9 Å². The van der Waals surface area contributed by atoms with Crippen LogP contribution in [0.3, 0.4) is 0 Å². The van der Waals surface area contributed by atoms with Gasteiger partial charge in [-0.05, 0) is 31.9 Å². The summed E-state index contributed by atoms with van der Waals surface area (Å²) < 4.78 is 22.6. The number of esters is 1. The summed E-state index contributed by atoms with van der Waals surface area (Å²) in [7, 11) is 0. The Kier molecular flexibility index (Phi) is 6.74. The minimum absolute atomic E-state index is 0.135. The summed E-state index contributed by atoms with van der Waals surface area (Å²) in [6.07, 6.45) is 2.53. The van der Waals surface area contributed by atoms with Gasteiger partial charge in [0, 0.05) is 0 Å². The molecule has 0 N–H and O–H groups in total. The Balaban J connectivity index is 1.52. The van der Waals surface area contributed by atoms with E-state index in [2.05, 4.69) is 0 Å². The van der Waals surface area contributed by atoms with Crippen molar-refractivity contribution in [3.63, 3.8) is 0 Å². The van der Waals surface area contributed by atoms with Gasteiger partial charge < -0.3 is 18.9 Å². The average molecular weight is 507 g/mol. The first-order valence-corrected chi connectivity index (χ1v) is 12.5. The number of β-lactam (4-membered cyclic amide) rings is 1. The van der Waals surface area contributed by atoms with Gasteiger partial charge in [-0.2, -0.15) is 0 Å². The van der Waals surface area contributed by atoms with Crippen LogP contribution in [0, 0.1) is 5.92 Å².